The summed E-state index contributed by atoms with van der Waals surface area (Å²) in [4.78, 5) is 15.5. The van der Waals surface area contributed by atoms with Gasteiger partial charge in [0.25, 0.3) is 0 Å². The molecule has 2 rings (SSSR count). The lowest BCUT2D eigenvalue weighted by atomic mass is 10.2. The molecule has 1 heterocycles. The van der Waals surface area contributed by atoms with E-state index in [4.69, 9.17) is 0 Å². The van der Waals surface area contributed by atoms with Crippen LogP contribution >= 0.6 is 15.9 Å². The number of fused-ring (bicyclic) bond motifs is 1. The molecule has 1 aliphatic rings. The fourth-order valence-electron chi connectivity index (χ4n) is 2.13. The zero-order valence-electron chi connectivity index (χ0n) is 10.2. The van der Waals surface area contributed by atoms with Crippen molar-refractivity contribution < 1.29 is 4.79 Å². The summed E-state index contributed by atoms with van der Waals surface area (Å²) in [5, 5.41) is 0. The monoisotopic (exact) mass is 296 g/mol. The van der Waals surface area contributed by atoms with E-state index >= 15 is 0 Å². The largest absolute Gasteiger partial charge is 0.370 e. The Kier molecular flexibility index (Phi) is 3.72. The first-order chi connectivity index (χ1) is 8.08. The SMILES string of the molecule is CN(C)C(=O)CCN1CCc2cc(Br)ccc21. The molecule has 0 aliphatic carbocycles. The summed E-state index contributed by atoms with van der Waals surface area (Å²) in [7, 11) is 3.61. The fraction of sp³-hybridized carbons (Fsp3) is 0.462. The van der Waals surface area contributed by atoms with Crippen molar-refractivity contribution in [2.75, 3.05) is 32.1 Å². The van der Waals surface area contributed by atoms with E-state index in [9.17, 15) is 4.79 Å². The highest BCUT2D eigenvalue weighted by Crippen LogP contribution is 2.30. The van der Waals surface area contributed by atoms with E-state index in [1.807, 2.05) is 0 Å². The van der Waals surface area contributed by atoms with Crippen LogP contribution in [0.3, 0.4) is 0 Å². The standard InChI is InChI=1S/C13H17BrN2O/c1-15(2)13(17)6-8-16-7-5-10-9-11(14)3-4-12(10)16/h3-4,9H,5-8H2,1-2H3. The van der Waals surface area contributed by atoms with Gasteiger partial charge < -0.3 is 9.80 Å². The number of carbonyl (C=O) groups excluding carboxylic acids is 1. The minimum absolute atomic E-state index is 0.190. The van der Waals surface area contributed by atoms with Gasteiger partial charge in [-0.3, -0.25) is 4.79 Å². The maximum absolute atomic E-state index is 11.6. The molecule has 0 saturated heterocycles. The van der Waals surface area contributed by atoms with Crippen molar-refractivity contribution >= 4 is 27.5 Å². The molecule has 92 valence electrons. The van der Waals surface area contributed by atoms with E-state index in [2.05, 4.69) is 39.0 Å². The molecule has 4 heteroatoms. The maximum Gasteiger partial charge on any atom is 0.223 e. The van der Waals surface area contributed by atoms with E-state index < -0.39 is 0 Å². The second-order valence-corrected chi connectivity index (χ2v) is 5.46. The second kappa shape index (κ2) is 5.08. The number of carbonyl (C=O) groups is 1. The predicted octanol–water partition coefficient (Wildman–Crippen LogP) is 2.29. The smallest absolute Gasteiger partial charge is 0.223 e. The van der Waals surface area contributed by atoms with Crippen molar-refractivity contribution in [1.29, 1.82) is 0 Å². The minimum atomic E-state index is 0.190. The average Bonchev–Trinajstić information content (AvgIpc) is 2.67. The number of benzene rings is 1. The topological polar surface area (TPSA) is 23.6 Å². The molecule has 17 heavy (non-hydrogen) atoms. The Morgan fingerprint density at radius 3 is 2.94 bits per heavy atom. The number of hydrogen-bond acceptors (Lipinski definition) is 2. The van der Waals surface area contributed by atoms with Crippen LogP contribution in [0.1, 0.15) is 12.0 Å². The van der Waals surface area contributed by atoms with Crippen LogP contribution in [0, 0.1) is 0 Å². The molecule has 0 atom stereocenters. The lowest BCUT2D eigenvalue weighted by molar-refractivity contribution is -0.128. The van der Waals surface area contributed by atoms with E-state index in [-0.39, 0.29) is 5.91 Å². The van der Waals surface area contributed by atoms with E-state index in [0.717, 1.165) is 24.0 Å². The van der Waals surface area contributed by atoms with Gasteiger partial charge in [0, 0.05) is 43.8 Å². The molecule has 0 aromatic heterocycles. The normalized spacial score (nSPS) is 13.7. The minimum Gasteiger partial charge on any atom is -0.370 e. The molecule has 0 saturated carbocycles. The number of amides is 1. The maximum atomic E-state index is 11.6. The molecule has 1 aromatic carbocycles. The van der Waals surface area contributed by atoms with Crippen LogP contribution in [0.25, 0.3) is 0 Å². The molecular formula is C13H17BrN2O. The summed E-state index contributed by atoms with van der Waals surface area (Å²) < 4.78 is 1.13. The van der Waals surface area contributed by atoms with E-state index in [0.29, 0.717) is 6.42 Å². The van der Waals surface area contributed by atoms with E-state index in [1.54, 1.807) is 19.0 Å². The van der Waals surface area contributed by atoms with Crippen LogP contribution in [0.4, 0.5) is 5.69 Å². The van der Waals surface area contributed by atoms with Gasteiger partial charge in [-0.05, 0) is 30.2 Å². The van der Waals surface area contributed by atoms with Crippen LogP contribution in [-0.4, -0.2) is 38.0 Å². The average molecular weight is 297 g/mol. The lowest BCUT2D eigenvalue weighted by Gasteiger charge is -2.20. The van der Waals surface area contributed by atoms with Gasteiger partial charge in [0.05, 0.1) is 0 Å². The van der Waals surface area contributed by atoms with Crippen molar-refractivity contribution in [2.24, 2.45) is 0 Å². The van der Waals surface area contributed by atoms with Crippen molar-refractivity contribution in [3.05, 3.63) is 28.2 Å². The highest BCUT2D eigenvalue weighted by atomic mass is 79.9. The number of rotatable bonds is 3. The van der Waals surface area contributed by atoms with Crippen molar-refractivity contribution in [3.63, 3.8) is 0 Å². The van der Waals surface area contributed by atoms with Gasteiger partial charge in [0.15, 0.2) is 0 Å². The quantitative estimate of drug-likeness (QED) is 0.854. The van der Waals surface area contributed by atoms with Crippen molar-refractivity contribution in [3.8, 4) is 0 Å². The molecule has 0 spiro atoms. The third kappa shape index (κ3) is 2.80. The summed E-state index contributed by atoms with van der Waals surface area (Å²) in [6.45, 7) is 1.83. The van der Waals surface area contributed by atoms with Gasteiger partial charge >= 0.3 is 0 Å². The highest BCUT2D eigenvalue weighted by molar-refractivity contribution is 9.10. The molecule has 3 nitrogen and oxygen atoms in total. The fourth-order valence-corrected chi connectivity index (χ4v) is 2.53. The number of hydrogen-bond donors (Lipinski definition) is 0. The van der Waals surface area contributed by atoms with E-state index in [1.165, 1.54) is 11.3 Å². The molecule has 0 bridgehead atoms. The Morgan fingerprint density at radius 2 is 2.24 bits per heavy atom. The van der Waals surface area contributed by atoms with Crippen LogP contribution in [0.5, 0.6) is 0 Å². The zero-order valence-corrected chi connectivity index (χ0v) is 11.8. The summed E-state index contributed by atoms with van der Waals surface area (Å²) in [6, 6.07) is 6.36. The van der Waals surface area contributed by atoms with Gasteiger partial charge in [-0.1, -0.05) is 15.9 Å². The predicted molar refractivity (Wildman–Crippen MR) is 73.4 cm³/mol. The first-order valence-electron chi connectivity index (χ1n) is 5.81. The molecule has 0 N–H and O–H groups in total. The Labute approximate surface area is 111 Å². The third-order valence-electron chi connectivity index (χ3n) is 3.13. The first-order valence-corrected chi connectivity index (χ1v) is 6.61. The molecule has 0 fully saturated rings. The third-order valence-corrected chi connectivity index (χ3v) is 3.62. The summed E-state index contributed by atoms with van der Waals surface area (Å²) >= 11 is 3.49. The highest BCUT2D eigenvalue weighted by Gasteiger charge is 2.19. The number of nitrogens with zero attached hydrogens (tertiary/aromatic N) is 2. The van der Waals surface area contributed by atoms with Gasteiger partial charge in [-0.25, -0.2) is 0 Å². The molecule has 1 amide bonds. The van der Waals surface area contributed by atoms with Gasteiger partial charge in [-0.2, -0.15) is 0 Å². The Hall–Kier alpha value is -1.03. The van der Waals surface area contributed by atoms with Crippen LogP contribution < -0.4 is 4.90 Å². The van der Waals surface area contributed by atoms with Gasteiger partial charge in [0.2, 0.25) is 5.91 Å². The number of anilines is 1. The Balaban J connectivity index is 2.00. The van der Waals surface area contributed by atoms with Crippen molar-refractivity contribution in [1.82, 2.24) is 4.90 Å². The molecule has 1 aromatic rings. The van der Waals surface area contributed by atoms with Crippen LogP contribution in [-0.2, 0) is 11.2 Å². The zero-order chi connectivity index (χ0) is 12.4. The molecule has 0 radical (unpaired) electrons. The molecular weight excluding hydrogens is 280 g/mol. The Morgan fingerprint density at radius 1 is 1.47 bits per heavy atom. The summed E-state index contributed by atoms with van der Waals surface area (Å²) in [5.41, 5.74) is 2.65. The lowest BCUT2D eigenvalue weighted by Crippen LogP contribution is -2.29. The molecule has 0 unspecified atom stereocenters. The van der Waals surface area contributed by atoms with Crippen LogP contribution in [0.15, 0.2) is 22.7 Å². The van der Waals surface area contributed by atoms with Crippen LogP contribution in [0.2, 0.25) is 0 Å². The second-order valence-electron chi connectivity index (χ2n) is 4.55. The molecule has 1 aliphatic heterocycles. The summed E-state index contributed by atoms with van der Waals surface area (Å²) in [5.74, 6) is 0.190. The number of halogens is 1. The Bertz CT molecular complexity index is 431. The summed E-state index contributed by atoms with van der Waals surface area (Å²) in [6.07, 6.45) is 1.66. The first kappa shape index (κ1) is 12.4. The van der Waals surface area contributed by atoms with Gasteiger partial charge in [0.1, 0.15) is 0 Å². The van der Waals surface area contributed by atoms with Crippen molar-refractivity contribution in [2.45, 2.75) is 12.8 Å². The van der Waals surface area contributed by atoms with Gasteiger partial charge in [-0.15, -0.1) is 0 Å².